The number of hydrogen-bond donors (Lipinski definition) is 2. The normalized spacial score (nSPS) is 20.4. The molecule has 1 aliphatic heterocycles. The van der Waals surface area contributed by atoms with E-state index in [1.807, 2.05) is 30.2 Å². The van der Waals surface area contributed by atoms with E-state index in [0.29, 0.717) is 12.6 Å². The molecule has 5 heterocycles. The van der Waals surface area contributed by atoms with Gasteiger partial charge >= 0.3 is 0 Å². The van der Waals surface area contributed by atoms with Gasteiger partial charge in [0, 0.05) is 50.0 Å². The number of aryl methyl sites for hydroxylation is 1. The van der Waals surface area contributed by atoms with Crippen LogP contribution in [-0.2, 0) is 11.8 Å². The van der Waals surface area contributed by atoms with E-state index in [4.69, 9.17) is 9.72 Å². The van der Waals surface area contributed by atoms with Crippen LogP contribution in [0.1, 0.15) is 27.2 Å². The molecule has 1 N–H and O–H groups in total. The van der Waals surface area contributed by atoms with E-state index in [1.165, 1.54) is 0 Å². The van der Waals surface area contributed by atoms with Gasteiger partial charge in [0.05, 0.1) is 35.1 Å². The molecule has 4 aromatic heterocycles. The summed E-state index contributed by atoms with van der Waals surface area (Å²) in [5, 5.41) is 10.1. The molecule has 1 fully saturated rings. The predicted molar refractivity (Wildman–Crippen MR) is 136 cm³/mol. The molecule has 4 aromatic rings. The fraction of sp³-hybridized carbons (Fsp3) is 0.458. The Bertz CT molecular complexity index is 1300. The molecular weight excluding hydrogens is 434 g/mol. The Kier molecular flexibility index (Phi) is 5.80. The lowest BCUT2D eigenvalue weighted by Crippen LogP contribution is -2.39. The van der Waals surface area contributed by atoms with Gasteiger partial charge in [0.15, 0.2) is 0 Å². The van der Waals surface area contributed by atoms with Gasteiger partial charge in [0.2, 0.25) is 0 Å². The van der Waals surface area contributed by atoms with Gasteiger partial charge in [-0.1, -0.05) is 26.7 Å². The Morgan fingerprint density at radius 3 is 2.91 bits per heavy atom. The van der Waals surface area contributed by atoms with Crippen molar-refractivity contribution in [2.45, 2.75) is 32.8 Å². The van der Waals surface area contributed by atoms with Crippen molar-refractivity contribution in [1.82, 2.24) is 29.0 Å². The van der Waals surface area contributed by atoms with Crippen molar-refractivity contribution in [3.8, 4) is 11.3 Å². The maximum Gasteiger partial charge on any atom is 0.150 e. The second-order valence-corrected chi connectivity index (χ2v) is 9.72. The summed E-state index contributed by atoms with van der Waals surface area (Å²) in [6.45, 7) is 9.74. The van der Waals surface area contributed by atoms with E-state index >= 15 is 0 Å². The van der Waals surface area contributed by atoms with Crippen LogP contribution in [0.15, 0.2) is 36.8 Å². The van der Waals surface area contributed by atoms with Gasteiger partial charge in [-0.3, -0.25) is 14.0 Å². The number of nitrogens with zero attached hydrogens (tertiary/aromatic N) is 6. The maximum atomic E-state index is 6.24. The SMILES string of the molecule is CC(C)[C@]1(C)CCN(c2nc(-c3cn(S)c4ncccc34)cc3c2cnn3C)CCNCO1. The Balaban J connectivity index is 1.63. The van der Waals surface area contributed by atoms with Crippen LogP contribution in [0.5, 0.6) is 0 Å². The van der Waals surface area contributed by atoms with Crippen LogP contribution in [0.25, 0.3) is 33.2 Å². The van der Waals surface area contributed by atoms with Crippen molar-refractivity contribution in [3.05, 3.63) is 36.8 Å². The summed E-state index contributed by atoms with van der Waals surface area (Å²) >= 11 is 4.58. The molecule has 0 amide bonds. The molecule has 1 saturated heterocycles. The molecule has 9 heteroatoms. The Hall–Kier alpha value is -2.62. The molecule has 0 spiro atoms. The number of anilines is 1. The molecule has 0 aromatic carbocycles. The third-order valence-corrected chi connectivity index (χ3v) is 7.31. The van der Waals surface area contributed by atoms with E-state index in [1.54, 1.807) is 10.2 Å². The van der Waals surface area contributed by atoms with Crippen LogP contribution in [-0.4, -0.2) is 55.7 Å². The lowest BCUT2D eigenvalue weighted by Gasteiger charge is -2.35. The summed E-state index contributed by atoms with van der Waals surface area (Å²) in [4.78, 5) is 12.0. The van der Waals surface area contributed by atoms with Gasteiger partial charge in [0.1, 0.15) is 11.5 Å². The second kappa shape index (κ2) is 8.62. The number of pyridine rings is 2. The minimum Gasteiger partial charge on any atom is -0.360 e. The maximum absolute atomic E-state index is 6.24. The lowest BCUT2D eigenvalue weighted by molar-refractivity contribution is -0.0738. The molecule has 1 atom stereocenters. The Morgan fingerprint density at radius 2 is 2.09 bits per heavy atom. The molecule has 0 unspecified atom stereocenters. The third kappa shape index (κ3) is 3.98. The highest BCUT2D eigenvalue weighted by atomic mass is 32.1. The second-order valence-electron chi connectivity index (χ2n) is 9.29. The van der Waals surface area contributed by atoms with Crippen LogP contribution < -0.4 is 10.2 Å². The number of ether oxygens (including phenoxy) is 1. The highest BCUT2D eigenvalue weighted by Crippen LogP contribution is 2.35. The summed E-state index contributed by atoms with van der Waals surface area (Å²) < 4.78 is 9.91. The highest BCUT2D eigenvalue weighted by molar-refractivity contribution is 7.78. The van der Waals surface area contributed by atoms with Gasteiger partial charge in [-0.2, -0.15) is 5.10 Å². The Morgan fingerprint density at radius 1 is 1.24 bits per heavy atom. The van der Waals surface area contributed by atoms with Crippen molar-refractivity contribution in [2.75, 3.05) is 31.3 Å². The molecule has 0 aliphatic carbocycles. The zero-order valence-corrected chi connectivity index (χ0v) is 20.5. The fourth-order valence-electron chi connectivity index (χ4n) is 4.46. The summed E-state index contributed by atoms with van der Waals surface area (Å²) in [6, 6.07) is 6.12. The van der Waals surface area contributed by atoms with Crippen molar-refractivity contribution in [1.29, 1.82) is 0 Å². The minimum atomic E-state index is -0.202. The van der Waals surface area contributed by atoms with E-state index in [-0.39, 0.29) is 5.60 Å². The molecule has 8 nitrogen and oxygen atoms in total. The first-order valence-electron chi connectivity index (χ1n) is 11.5. The third-order valence-electron chi connectivity index (χ3n) is 7.01. The average molecular weight is 466 g/mol. The minimum absolute atomic E-state index is 0.202. The van der Waals surface area contributed by atoms with Crippen LogP contribution in [0.2, 0.25) is 0 Å². The monoisotopic (exact) mass is 465 g/mol. The van der Waals surface area contributed by atoms with Crippen LogP contribution >= 0.6 is 12.8 Å². The largest absolute Gasteiger partial charge is 0.360 e. The summed E-state index contributed by atoms with van der Waals surface area (Å²) in [5.74, 6) is 1.36. The first kappa shape index (κ1) is 22.2. The van der Waals surface area contributed by atoms with Crippen LogP contribution in [0.4, 0.5) is 5.82 Å². The summed E-state index contributed by atoms with van der Waals surface area (Å²) in [7, 11) is 1.98. The van der Waals surface area contributed by atoms with Crippen molar-refractivity contribution in [3.63, 3.8) is 0 Å². The topological polar surface area (TPSA) is 73.0 Å². The standard InChI is InChI=1S/C24H31N7OS/c1-16(2)24(3)7-10-30(11-9-25-15-32-24)23-18-13-27-29(4)21(18)12-20(28-23)19-14-31(33)22-17(19)6-5-8-26-22/h5-6,8,12-14,16,25,33H,7,9-11,15H2,1-4H3/t24-/m0/s1. The zero-order chi connectivity index (χ0) is 23.2. The van der Waals surface area contributed by atoms with Crippen LogP contribution in [0, 0.1) is 5.92 Å². The van der Waals surface area contributed by atoms with Crippen molar-refractivity contribution >= 4 is 40.6 Å². The van der Waals surface area contributed by atoms with Gasteiger partial charge in [-0.25, -0.2) is 9.97 Å². The Labute approximate surface area is 199 Å². The van der Waals surface area contributed by atoms with Gasteiger partial charge in [-0.05, 0) is 37.5 Å². The number of aromatic nitrogens is 5. The van der Waals surface area contributed by atoms with E-state index in [2.05, 4.69) is 66.0 Å². The predicted octanol–water partition coefficient (Wildman–Crippen LogP) is 3.87. The highest BCUT2D eigenvalue weighted by Gasteiger charge is 2.31. The molecule has 0 saturated carbocycles. The van der Waals surface area contributed by atoms with Gasteiger partial charge in [-0.15, -0.1) is 0 Å². The molecule has 0 radical (unpaired) electrons. The molecule has 0 bridgehead atoms. The van der Waals surface area contributed by atoms with Crippen molar-refractivity contribution < 1.29 is 4.74 Å². The summed E-state index contributed by atoms with van der Waals surface area (Å²) in [5.41, 5.74) is 3.57. The van der Waals surface area contributed by atoms with Crippen molar-refractivity contribution in [2.24, 2.45) is 13.0 Å². The number of hydrogen-bond acceptors (Lipinski definition) is 7. The summed E-state index contributed by atoms with van der Waals surface area (Å²) in [6.07, 6.45) is 6.60. The smallest absolute Gasteiger partial charge is 0.150 e. The number of nitrogens with one attached hydrogen (secondary N) is 1. The number of thiol groups is 1. The first-order valence-corrected chi connectivity index (χ1v) is 11.9. The zero-order valence-electron chi connectivity index (χ0n) is 19.6. The number of fused-ring (bicyclic) bond motifs is 2. The van der Waals surface area contributed by atoms with Crippen LogP contribution in [0.3, 0.4) is 0 Å². The van der Waals surface area contributed by atoms with E-state index in [0.717, 1.165) is 65.1 Å². The quantitative estimate of drug-likeness (QED) is 0.448. The molecule has 5 rings (SSSR count). The molecule has 33 heavy (non-hydrogen) atoms. The molecule has 174 valence electrons. The van der Waals surface area contributed by atoms with Gasteiger partial charge in [0.25, 0.3) is 0 Å². The van der Waals surface area contributed by atoms with E-state index in [9.17, 15) is 0 Å². The fourth-order valence-corrected chi connectivity index (χ4v) is 4.74. The molecule has 1 aliphatic rings. The first-order chi connectivity index (χ1) is 15.9. The number of rotatable bonds is 3. The van der Waals surface area contributed by atoms with Gasteiger partial charge < -0.3 is 9.64 Å². The average Bonchev–Trinajstić information content (AvgIpc) is 3.37. The molecular formula is C24H31N7OS. The van der Waals surface area contributed by atoms with E-state index < -0.39 is 0 Å². The lowest BCUT2D eigenvalue weighted by atomic mass is 9.88.